The van der Waals surface area contributed by atoms with Crippen LogP contribution in [0.25, 0.3) is 0 Å². The van der Waals surface area contributed by atoms with Crippen LogP contribution < -0.4 is 14.8 Å². The molecule has 0 unspecified atom stereocenters. The second kappa shape index (κ2) is 6.96. The zero-order chi connectivity index (χ0) is 14.4. The molecular formula is C14H16ClN3O2. The van der Waals surface area contributed by atoms with Gasteiger partial charge in [-0.3, -0.25) is 0 Å². The first-order chi connectivity index (χ1) is 9.69. The third-order valence-electron chi connectivity index (χ3n) is 2.56. The summed E-state index contributed by atoms with van der Waals surface area (Å²) in [7, 11) is 1.51. The van der Waals surface area contributed by atoms with Gasteiger partial charge in [0.2, 0.25) is 0 Å². The normalized spacial score (nSPS) is 10.2. The second-order valence-electron chi connectivity index (χ2n) is 4.14. The summed E-state index contributed by atoms with van der Waals surface area (Å²) in [6, 6.07) is 8.17. The van der Waals surface area contributed by atoms with Crippen LogP contribution in [0, 0.1) is 6.92 Å². The van der Waals surface area contributed by atoms with E-state index in [-0.39, 0.29) is 6.01 Å². The van der Waals surface area contributed by atoms with E-state index in [0.29, 0.717) is 24.0 Å². The molecule has 1 aromatic carbocycles. The number of anilines is 1. The van der Waals surface area contributed by atoms with Gasteiger partial charge >= 0.3 is 6.01 Å². The van der Waals surface area contributed by atoms with Crippen molar-refractivity contribution in [3.05, 3.63) is 41.0 Å². The highest BCUT2D eigenvalue weighted by atomic mass is 35.5. The van der Waals surface area contributed by atoms with E-state index in [9.17, 15) is 0 Å². The molecule has 5 nitrogen and oxygen atoms in total. The molecule has 0 saturated heterocycles. The Kier molecular flexibility index (Phi) is 5.01. The number of halogens is 1. The van der Waals surface area contributed by atoms with Crippen LogP contribution in [0.2, 0.25) is 5.02 Å². The van der Waals surface area contributed by atoms with Crippen molar-refractivity contribution in [2.75, 3.05) is 25.6 Å². The van der Waals surface area contributed by atoms with E-state index < -0.39 is 0 Å². The number of nitrogens with one attached hydrogen (secondary N) is 1. The van der Waals surface area contributed by atoms with Crippen molar-refractivity contribution in [2.24, 2.45) is 0 Å². The predicted octanol–water partition coefficient (Wildman–Crippen LogP) is 2.94. The Labute approximate surface area is 122 Å². The molecule has 0 spiro atoms. The topological polar surface area (TPSA) is 56.3 Å². The molecule has 0 atom stereocenters. The minimum atomic E-state index is 0.275. The zero-order valence-corrected chi connectivity index (χ0v) is 12.1. The fraction of sp³-hybridized carbons (Fsp3) is 0.286. The van der Waals surface area contributed by atoms with Crippen LogP contribution in [0.15, 0.2) is 30.5 Å². The molecule has 0 aliphatic rings. The summed E-state index contributed by atoms with van der Waals surface area (Å²) in [5.41, 5.74) is 1.17. The van der Waals surface area contributed by atoms with E-state index in [0.717, 1.165) is 5.75 Å². The Balaban J connectivity index is 1.84. The van der Waals surface area contributed by atoms with Crippen molar-refractivity contribution in [3.8, 4) is 11.8 Å². The van der Waals surface area contributed by atoms with E-state index in [1.807, 2.05) is 31.2 Å². The van der Waals surface area contributed by atoms with Crippen molar-refractivity contribution in [2.45, 2.75) is 6.92 Å². The summed E-state index contributed by atoms with van der Waals surface area (Å²) in [5, 5.41) is 3.53. The Morgan fingerprint density at radius 2 is 2.20 bits per heavy atom. The lowest BCUT2D eigenvalue weighted by atomic mass is 10.2. The molecule has 2 rings (SSSR count). The molecule has 1 N–H and O–H groups in total. The summed E-state index contributed by atoms with van der Waals surface area (Å²) < 4.78 is 10.6. The summed E-state index contributed by atoms with van der Waals surface area (Å²) in [4.78, 5) is 8.02. The molecule has 0 amide bonds. The molecule has 20 heavy (non-hydrogen) atoms. The first kappa shape index (κ1) is 14.4. The van der Waals surface area contributed by atoms with Crippen LogP contribution in [0.3, 0.4) is 0 Å². The highest BCUT2D eigenvalue weighted by Crippen LogP contribution is 2.19. The number of methoxy groups -OCH3 is 1. The van der Waals surface area contributed by atoms with Crippen LogP contribution in [-0.4, -0.2) is 30.2 Å². The molecule has 0 saturated carbocycles. The second-order valence-corrected chi connectivity index (χ2v) is 4.55. The average molecular weight is 294 g/mol. The first-order valence-corrected chi connectivity index (χ1v) is 6.56. The number of nitrogens with zero attached hydrogens (tertiary/aromatic N) is 2. The average Bonchev–Trinajstić information content (AvgIpc) is 2.45. The van der Waals surface area contributed by atoms with Crippen LogP contribution in [0.5, 0.6) is 11.8 Å². The van der Waals surface area contributed by atoms with E-state index in [1.165, 1.54) is 18.9 Å². The molecule has 0 aliphatic carbocycles. The summed E-state index contributed by atoms with van der Waals surface area (Å²) in [6.45, 7) is 3.11. The maximum Gasteiger partial charge on any atom is 0.318 e. The van der Waals surface area contributed by atoms with Gasteiger partial charge in [-0.1, -0.05) is 23.7 Å². The summed E-state index contributed by atoms with van der Waals surface area (Å²) in [6.07, 6.45) is 1.50. The third kappa shape index (κ3) is 3.99. The highest BCUT2D eigenvalue weighted by molar-refractivity contribution is 6.32. The zero-order valence-electron chi connectivity index (χ0n) is 11.4. The number of rotatable bonds is 6. The Bertz CT molecular complexity index is 578. The third-order valence-corrected chi connectivity index (χ3v) is 2.83. The van der Waals surface area contributed by atoms with Crippen molar-refractivity contribution in [3.63, 3.8) is 0 Å². The largest absolute Gasteiger partial charge is 0.492 e. The number of benzene rings is 1. The minimum absolute atomic E-state index is 0.275. The fourth-order valence-corrected chi connectivity index (χ4v) is 1.77. The molecule has 0 fully saturated rings. The van der Waals surface area contributed by atoms with Crippen LogP contribution in [0.1, 0.15) is 5.56 Å². The van der Waals surface area contributed by atoms with Crippen LogP contribution >= 0.6 is 11.6 Å². The lowest BCUT2D eigenvalue weighted by molar-refractivity contribution is 0.332. The maximum absolute atomic E-state index is 5.99. The molecule has 106 valence electrons. The number of ether oxygens (including phenoxy) is 2. The highest BCUT2D eigenvalue weighted by Gasteiger charge is 2.04. The molecule has 1 heterocycles. The number of aryl methyl sites for hydroxylation is 1. The van der Waals surface area contributed by atoms with Crippen molar-refractivity contribution < 1.29 is 9.47 Å². The van der Waals surface area contributed by atoms with Gasteiger partial charge in [-0.15, -0.1) is 0 Å². The first-order valence-electron chi connectivity index (χ1n) is 6.19. The Morgan fingerprint density at radius 1 is 1.35 bits per heavy atom. The van der Waals surface area contributed by atoms with E-state index in [4.69, 9.17) is 21.1 Å². The van der Waals surface area contributed by atoms with Crippen molar-refractivity contribution in [1.82, 2.24) is 9.97 Å². The number of hydrogen-bond acceptors (Lipinski definition) is 5. The van der Waals surface area contributed by atoms with Crippen molar-refractivity contribution in [1.29, 1.82) is 0 Å². The van der Waals surface area contributed by atoms with Gasteiger partial charge in [0.15, 0.2) is 5.82 Å². The van der Waals surface area contributed by atoms with E-state index in [2.05, 4.69) is 15.3 Å². The molecule has 0 radical (unpaired) electrons. The minimum Gasteiger partial charge on any atom is -0.492 e. The molecule has 2 aromatic rings. The quantitative estimate of drug-likeness (QED) is 0.830. The summed E-state index contributed by atoms with van der Waals surface area (Å²) >= 11 is 5.99. The lowest BCUT2D eigenvalue weighted by Crippen LogP contribution is -2.13. The van der Waals surface area contributed by atoms with Crippen LogP contribution in [0.4, 0.5) is 5.82 Å². The Hall–Kier alpha value is -2.01. The predicted molar refractivity (Wildman–Crippen MR) is 78.8 cm³/mol. The van der Waals surface area contributed by atoms with Gasteiger partial charge in [0.05, 0.1) is 19.9 Å². The molecule has 0 bridgehead atoms. The van der Waals surface area contributed by atoms with E-state index >= 15 is 0 Å². The number of aromatic nitrogens is 2. The molecule has 0 aliphatic heterocycles. The van der Waals surface area contributed by atoms with Crippen molar-refractivity contribution >= 4 is 17.4 Å². The van der Waals surface area contributed by atoms with E-state index in [1.54, 1.807) is 0 Å². The van der Waals surface area contributed by atoms with Gasteiger partial charge < -0.3 is 14.8 Å². The SMILES string of the molecule is COc1ncc(Cl)c(NCCOc2cccc(C)c2)n1. The fourth-order valence-electron chi connectivity index (χ4n) is 1.62. The van der Waals surface area contributed by atoms with Gasteiger partial charge in [0, 0.05) is 0 Å². The maximum atomic E-state index is 5.99. The standard InChI is InChI=1S/C14H16ClN3O2/c1-10-4-3-5-11(8-10)20-7-6-16-13-12(15)9-17-14(18-13)19-2/h3-5,8-9H,6-7H2,1-2H3,(H,16,17,18). The molecule has 1 aromatic heterocycles. The number of hydrogen-bond donors (Lipinski definition) is 1. The van der Waals surface area contributed by atoms with Gasteiger partial charge in [0.25, 0.3) is 0 Å². The van der Waals surface area contributed by atoms with Gasteiger partial charge in [-0.25, -0.2) is 4.98 Å². The molecule has 6 heteroatoms. The Morgan fingerprint density at radius 3 is 2.95 bits per heavy atom. The molecular weight excluding hydrogens is 278 g/mol. The van der Waals surface area contributed by atoms with Crippen LogP contribution in [-0.2, 0) is 0 Å². The summed E-state index contributed by atoms with van der Waals surface area (Å²) in [5.74, 6) is 1.38. The van der Waals surface area contributed by atoms with Gasteiger partial charge in [0.1, 0.15) is 17.4 Å². The smallest absolute Gasteiger partial charge is 0.318 e. The lowest BCUT2D eigenvalue weighted by Gasteiger charge is -2.10. The van der Waals surface area contributed by atoms with Gasteiger partial charge in [-0.05, 0) is 24.6 Å². The van der Waals surface area contributed by atoms with Gasteiger partial charge in [-0.2, -0.15) is 4.98 Å². The monoisotopic (exact) mass is 293 g/mol.